The normalized spacial score (nSPS) is 22.8. The van der Waals surface area contributed by atoms with Crippen LogP contribution < -0.4 is 0 Å². The van der Waals surface area contributed by atoms with Crippen LogP contribution in [0.25, 0.3) is 0 Å². The van der Waals surface area contributed by atoms with Gasteiger partial charge in [-0.2, -0.15) is 0 Å². The lowest BCUT2D eigenvalue weighted by molar-refractivity contribution is -0.142. The molecule has 2 saturated heterocycles. The molecule has 4 heterocycles. The number of H-pyrrole nitrogens is 1. The zero-order valence-electron chi connectivity index (χ0n) is 16.3. The van der Waals surface area contributed by atoms with E-state index in [9.17, 15) is 9.59 Å². The number of aryl methyl sites for hydroxylation is 1. The highest BCUT2D eigenvalue weighted by Crippen LogP contribution is 2.39. The molecule has 0 bridgehead atoms. The van der Waals surface area contributed by atoms with E-state index in [4.69, 9.17) is 4.52 Å². The summed E-state index contributed by atoms with van der Waals surface area (Å²) < 4.78 is 5.20. The Balaban J connectivity index is 1.38. The number of carbonyl (C=O) groups is 2. The second kappa shape index (κ2) is 7.77. The summed E-state index contributed by atoms with van der Waals surface area (Å²) in [5, 5.41) is 3.86. The highest BCUT2D eigenvalue weighted by atomic mass is 16.5. The van der Waals surface area contributed by atoms with E-state index in [1.165, 1.54) is 0 Å². The third-order valence-corrected chi connectivity index (χ3v) is 5.97. The van der Waals surface area contributed by atoms with Gasteiger partial charge in [0.1, 0.15) is 5.76 Å². The molecule has 8 heteroatoms. The summed E-state index contributed by atoms with van der Waals surface area (Å²) in [6.45, 7) is 4.76. The standard InChI is InChI=1S/C20H27N5O3/c1-15-9-17(28-23-15)10-19(27)24-7-2-5-20(12-24)6-3-18(26)25(13-20)8-4-16-11-21-14-22-16/h9,11,14H,2-8,10,12-13H2,1H3,(H,21,22)/t20-/m0/s1. The summed E-state index contributed by atoms with van der Waals surface area (Å²) in [7, 11) is 0. The molecular formula is C20H27N5O3. The zero-order chi connectivity index (χ0) is 19.6. The molecule has 0 aromatic carbocycles. The fourth-order valence-corrected chi connectivity index (χ4v) is 4.50. The van der Waals surface area contributed by atoms with Gasteiger partial charge in [-0.05, 0) is 26.2 Å². The third-order valence-electron chi connectivity index (χ3n) is 5.97. The topological polar surface area (TPSA) is 95.3 Å². The minimum absolute atomic E-state index is 0.00708. The van der Waals surface area contributed by atoms with Crippen LogP contribution in [-0.2, 0) is 22.4 Å². The number of aromatic amines is 1. The predicted octanol–water partition coefficient (Wildman–Crippen LogP) is 1.72. The van der Waals surface area contributed by atoms with Crippen molar-refractivity contribution < 1.29 is 14.1 Å². The number of nitrogens with one attached hydrogen (secondary N) is 1. The van der Waals surface area contributed by atoms with Crippen molar-refractivity contribution in [3.8, 4) is 0 Å². The smallest absolute Gasteiger partial charge is 0.230 e. The van der Waals surface area contributed by atoms with Crippen molar-refractivity contribution in [3.05, 3.63) is 35.7 Å². The quantitative estimate of drug-likeness (QED) is 0.846. The molecule has 2 aromatic heterocycles. The second-order valence-corrected chi connectivity index (χ2v) is 8.17. The molecule has 2 aliphatic heterocycles. The van der Waals surface area contributed by atoms with Gasteiger partial charge in [0.2, 0.25) is 11.8 Å². The van der Waals surface area contributed by atoms with Gasteiger partial charge in [-0.3, -0.25) is 9.59 Å². The van der Waals surface area contributed by atoms with Crippen LogP contribution >= 0.6 is 0 Å². The lowest BCUT2D eigenvalue weighted by Crippen LogP contribution is -2.55. The number of likely N-dealkylation sites (tertiary alicyclic amines) is 2. The highest BCUT2D eigenvalue weighted by molar-refractivity contribution is 5.79. The summed E-state index contributed by atoms with van der Waals surface area (Å²) in [5.74, 6) is 0.906. The van der Waals surface area contributed by atoms with Gasteiger partial charge in [-0.25, -0.2) is 4.98 Å². The average molecular weight is 385 g/mol. The van der Waals surface area contributed by atoms with Crippen LogP contribution in [0.15, 0.2) is 23.1 Å². The Morgan fingerprint density at radius 3 is 3.00 bits per heavy atom. The van der Waals surface area contributed by atoms with Gasteiger partial charge in [0.25, 0.3) is 0 Å². The number of rotatable bonds is 5. The fourth-order valence-electron chi connectivity index (χ4n) is 4.50. The molecule has 2 aromatic rings. The second-order valence-electron chi connectivity index (χ2n) is 8.17. The van der Waals surface area contributed by atoms with Crippen LogP contribution in [0.5, 0.6) is 0 Å². The van der Waals surface area contributed by atoms with Gasteiger partial charge in [0.15, 0.2) is 0 Å². The van der Waals surface area contributed by atoms with Crippen molar-refractivity contribution in [2.75, 3.05) is 26.2 Å². The minimum Gasteiger partial charge on any atom is -0.361 e. The molecule has 1 N–H and O–H groups in total. The lowest BCUT2D eigenvalue weighted by Gasteiger charge is -2.48. The molecule has 2 amide bonds. The molecule has 0 radical (unpaired) electrons. The number of carbonyl (C=O) groups excluding carboxylic acids is 2. The Morgan fingerprint density at radius 2 is 2.25 bits per heavy atom. The number of hydrogen-bond donors (Lipinski definition) is 1. The van der Waals surface area contributed by atoms with E-state index in [-0.39, 0.29) is 23.7 Å². The van der Waals surface area contributed by atoms with E-state index in [1.807, 2.05) is 22.8 Å². The Bertz CT molecular complexity index is 831. The molecule has 150 valence electrons. The first-order valence-corrected chi connectivity index (χ1v) is 9.98. The van der Waals surface area contributed by atoms with Crippen LogP contribution in [0.3, 0.4) is 0 Å². The molecule has 1 spiro atoms. The summed E-state index contributed by atoms with van der Waals surface area (Å²) in [6, 6.07) is 1.81. The van der Waals surface area contributed by atoms with Crippen LogP contribution in [0.2, 0.25) is 0 Å². The van der Waals surface area contributed by atoms with Gasteiger partial charge in [0.05, 0.1) is 18.4 Å². The summed E-state index contributed by atoms with van der Waals surface area (Å²) in [4.78, 5) is 36.3. The molecule has 28 heavy (non-hydrogen) atoms. The van der Waals surface area contributed by atoms with Crippen LogP contribution in [0.4, 0.5) is 0 Å². The highest BCUT2D eigenvalue weighted by Gasteiger charge is 2.42. The van der Waals surface area contributed by atoms with Crippen molar-refractivity contribution in [1.29, 1.82) is 0 Å². The number of imidazole rings is 1. The van der Waals surface area contributed by atoms with Gasteiger partial charge >= 0.3 is 0 Å². The largest absolute Gasteiger partial charge is 0.361 e. The van der Waals surface area contributed by atoms with Crippen LogP contribution in [-0.4, -0.2) is 62.9 Å². The Morgan fingerprint density at radius 1 is 1.36 bits per heavy atom. The Kier molecular flexibility index (Phi) is 5.19. The SMILES string of the molecule is Cc1cc(CC(=O)N2CCC[C@]3(CCC(=O)N(CCc4cnc[nH]4)C3)C2)on1. The van der Waals surface area contributed by atoms with Crippen molar-refractivity contribution in [1.82, 2.24) is 24.9 Å². The number of nitrogens with zero attached hydrogens (tertiary/aromatic N) is 4. The van der Waals surface area contributed by atoms with E-state index < -0.39 is 0 Å². The molecule has 1 atom stereocenters. The van der Waals surface area contributed by atoms with Gasteiger partial charge < -0.3 is 19.3 Å². The van der Waals surface area contributed by atoms with E-state index in [1.54, 1.807) is 12.5 Å². The van der Waals surface area contributed by atoms with E-state index >= 15 is 0 Å². The molecule has 2 fully saturated rings. The molecule has 4 rings (SSSR count). The van der Waals surface area contributed by atoms with Gasteiger partial charge in [-0.15, -0.1) is 0 Å². The Hall–Kier alpha value is -2.64. The monoisotopic (exact) mass is 385 g/mol. The van der Waals surface area contributed by atoms with E-state index in [0.717, 1.165) is 50.2 Å². The van der Waals surface area contributed by atoms with Crippen molar-refractivity contribution in [2.24, 2.45) is 5.41 Å². The molecule has 0 unspecified atom stereocenters. The first-order chi connectivity index (χ1) is 13.5. The number of hydrogen-bond acceptors (Lipinski definition) is 5. The predicted molar refractivity (Wildman–Crippen MR) is 101 cm³/mol. The fraction of sp³-hybridized carbons (Fsp3) is 0.600. The van der Waals surface area contributed by atoms with Crippen LogP contribution in [0.1, 0.15) is 42.8 Å². The lowest BCUT2D eigenvalue weighted by atomic mass is 9.73. The third kappa shape index (κ3) is 4.10. The summed E-state index contributed by atoms with van der Waals surface area (Å²) >= 11 is 0. The van der Waals surface area contributed by atoms with Crippen molar-refractivity contribution >= 4 is 11.8 Å². The number of piperidine rings is 2. The molecule has 0 aliphatic carbocycles. The molecular weight excluding hydrogens is 358 g/mol. The minimum atomic E-state index is 0.00708. The first-order valence-electron chi connectivity index (χ1n) is 9.98. The first kappa shape index (κ1) is 18.7. The van der Waals surface area contributed by atoms with Crippen molar-refractivity contribution in [2.45, 2.75) is 45.4 Å². The van der Waals surface area contributed by atoms with Gasteiger partial charge in [0, 0.05) is 62.4 Å². The van der Waals surface area contributed by atoms with Gasteiger partial charge in [-0.1, -0.05) is 5.16 Å². The summed E-state index contributed by atoms with van der Waals surface area (Å²) in [5.41, 5.74) is 1.83. The molecule has 0 saturated carbocycles. The van der Waals surface area contributed by atoms with E-state index in [0.29, 0.717) is 25.3 Å². The number of amides is 2. The Labute approximate surface area is 164 Å². The zero-order valence-corrected chi connectivity index (χ0v) is 16.3. The maximum absolute atomic E-state index is 12.8. The van der Waals surface area contributed by atoms with Crippen LogP contribution in [0, 0.1) is 12.3 Å². The maximum atomic E-state index is 12.8. The number of aromatic nitrogens is 3. The van der Waals surface area contributed by atoms with E-state index in [2.05, 4.69) is 15.1 Å². The molecule has 2 aliphatic rings. The molecule has 8 nitrogen and oxygen atoms in total. The van der Waals surface area contributed by atoms with Crippen molar-refractivity contribution in [3.63, 3.8) is 0 Å². The maximum Gasteiger partial charge on any atom is 0.230 e. The average Bonchev–Trinajstić information content (AvgIpc) is 3.34. The summed E-state index contributed by atoms with van der Waals surface area (Å²) in [6.07, 6.45) is 7.94.